The summed E-state index contributed by atoms with van der Waals surface area (Å²) >= 11 is 0. The van der Waals surface area contributed by atoms with Crippen molar-refractivity contribution in [1.82, 2.24) is 5.32 Å². The smallest absolute Gasteiger partial charge is 0.407 e. The van der Waals surface area contributed by atoms with Crippen molar-refractivity contribution in [1.29, 1.82) is 0 Å². The van der Waals surface area contributed by atoms with Gasteiger partial charge in [0.25, 0.3) is 0 Å². The van der Waals surface area contributed by atoms with E-state index in [1.807, 2.05) is 30.3 Å². The Kier molecular flexibility index (Phi) is 8.33. The largest absolute Gasteiger partial charge is 0.445 e. The minimum Gasteiger partial charge on any atom is -0.445 e. The minimum absolute atomic E-state index is 0.299. The van der Waals surface area contributed by atoms with Crippen LogP contribution in [0.3, 0.4) is 0 Å². The maximum atomic E-state index is 11.6. The second-order valence-corrected chi connectivity index (χ2v) is 6.02. The van der Waals surface area contributed by atoms with Gasteiger partial charge in [-0.25, -0.2) is 4.79 Å². The van der Waals surface area contributed by atoms with Crippen LogP contribution in [0.5, 0.6) is 0 Å². The molecule has 0 unspecified atom stereocenters. The molecule has 0 radical (unpaired) electrons. The Morgan fingerprint density at radius 3 is 2.52 bits per heavy atom. The van der Waals surface area contributed by atoms with E-state index >= 15 is 0 Å². The van der Waals surface area contributed by atoms with Crippen molar-refractivity contribution in [2.45, 2.75) is 39.2 Å². The van der Waals surface area contributed by atoms with Crippen molar-refractivity contribution >= 4 is 12.2 Å². The third-order valence-corrected chi connectivity index (χ3v) is 3.90. The molecule has 0 bridgehead atoms. The summed E-state index contributed by atoms with van der Waals surface area (Å²) in [5, 5.41) is 2.76. The van der Waals surface area contributed by atoms with Gasteiger partial charge in [-0.1, -0.05) is 80.1 Å². The van der Waals surface area contributed by atoms with Crippen LogP contribution < -0.4 is 5.32 Å². The van der Waals surface area contributed by atoms with Crippen LogP contribution in [0, 0.1) is 0 Å². The van der Waals surface area contributed by atoms with Gasteiger partial charge >= 0.3 is 6.09 Å². The van der Waals surface area contributed by atoms with Crippen LogP contribution in [0.4, 0.5) is 4.79 Å². The number of carbonyl (C=O) groups excluding carboxylic acids is 1. The van der Waals surface area contributed by atoms with E-state index in [9.17, 15) is 4.79 Å². The van der Waals surface area contributed by atoms with E-state index in [1.54, 1.807) is 0 Å². The van der Waals surface area contributed by atoms with E-state index in [0.717, 1.165) is 18.4 Å². The summed E-state index contributed by atoms with van der Waals surface area (Å²) in [6.45, 7) is 3.08. The molecule has 3 heteroatoms. The molecule has 0 fully saturated rings. The minimum atomic E-state index is -0.377. The third-order valence-electron chi connectivity index (χ3n) is 3.90. The highest BCUT2D eigenvalue weighted by atomic mass is 16.5. The molecule has 0 aliphatic rings. The van der Waals surface area contributed by atoms with E-state index in [4.69, 9.17) is 4.74 Å². The SMILES string of the molecule is CCCCc1ccc(C=CCCNC(=O)OCc2ccccc2)cc1. The van der Waals surface area contributed by atoms with Crippen molar-refractivity contribution in [2.75, 3.05) is 6.54 Å². The number of carbonyl (C=O) groups is 1. The highest BCUT2D eigenvalue weighted by molar-refractivity contribution is 5.67. The Bertz CT molecular complexity index is 647. The summed E-state index contributed by atoms with van der Waals surface area (Å²) in [7, 11) is 0. The lowest BCUT2D eigenvalue weighted by molar-refractivity contribution is 0.140. The fraction of sp³-hybridized carbons (Fsp3) is 0.318. The summed E-state index contributed by atoms with van der Waals surface area (Å²) in [5.41, 5.74) is 3.56. The number of nitrogens with one attached hydrogen (secondary N) is 1. The molecule has 0 aromatic heterocycles. The van der Waals surface area contributed by atoms with Crippen LogP contribution in [-0.2, 0) is 17.8 Å². The van der Waals surface area contributed by atoms with Gasteiger partial charge in [0, 0.05) is 6.54 Å². The first-order valence-corrected chi connectivity index (χ1v) is 8.98. The Labute approximate surface area is 150 Å². The molecule has 0 atom stereocenters. The Morgan fingerprint density at radius 1 is 1.04 bits per heavy atom. The Morgan fingerprint density at radius 2 is 1.80 bits per heavy atom. The predicted molar refractivity (Wildman–Crippen MR) is 103 cm³/mol. The molecular weight excluding hydrogens is 310 g/mol. The summed E-state index contributed by atoms with van der Waals surface area (Å²) in [4.78, 5) is 11.6. The number of aryl methyl sites for hydroxylation is 1. The number of alkyl carbamates (subject to hydrolysis) is 1. The number of hydrogen-bond acceptors (Lipinski definition) is 2. The first kappa shape index (κ1) is 18.8. The summed E-state index contributed by atoms with van der Waals surface area (Å²) < 4.78 is 5.16. The molecule has 132 valence electrons. The maximum Gasteiger partial charge on any atom is 0.407 e. The lowest BCUT2D eigenvalue weighted by Gasteiger charge is -2.06. The molecule has 0 spiro atoms. The molecule has 25 heavy (non-hydrogen) atoms. The molecule has 1 amide bonds. The molecule has 0 heterocycles. The number of hydrogen-bond donors (Lipinski definition) is 1. The van der Waals surface area contributed by atoms with Gasteiger partial charge in [0.1, 0.15) is 6.61 Å². The van der Waals surface area contributed by atoms with Crippen molar-refractivity contribution in [3.8, 4) is 0 Å². The number of benzene rings is 2. The fourth-order valence-corrected chi connectivity index (χ4v) is 2.43. The molecule has 0 aliphatic carbocycles. The first-order chi connectivity index (χ1) is 12.3. The lowest BCUT2D eigenvalue weighted by atomic mass is 10.1. The maximum absolute atomic E-state index is 11.6. The van der Waals surface area contributed by atoms with Gasteiger partial charge in [-0.15, -0.1) is 0 Å². The van der Waals surface area contributed by atoms with Crippen LogP contribution in [0.15, 0.2) is 60.7 Å². The van der Waals surface area contributed by atoms with Crippen molar-refractivity contribution in [2.24, 2.45) is 0 Å². The molecule has 0 aliphatic heterocycles. The van der Waals surface area contributed by atoms with Gasteiger partial charge in [0.05, 0.1) is 0 Å². The third kappa shape index (κ3) is 7.71. The van der Waals surface area contributed by atoms with Gasteiger partial charge in [-0.3, -0.25) is 0 Å². The Hall–Kier alpha value is -2.55. The van der Waals surface area contributed by atoms with Gasteiger partial charge < -0.3 is 10.1 Å². The molecule has 2 aromatic rings. The highest BCUT2D eigenvalue weighted by Crippen LogP contribution is 2.09. The molecule has 2 rings (SSSR count). The van der Waals surface area contributed by atoms with E-state index in [2.05, 4.69) is 48.7 Å². The quantitative estimate of drug-likeness (QED) is 0.626. The average molecular weight is 337 g/mol. The van der Waals surface area contributed by atoms with Crippen LogP contribution >= 0.6 is 0 Å². The normalized spacial score (nSPS) is 10.8. The van der Waals surface area contributed by atoms with E-state index in [1.165, 1.54) is 24.0 Å². The molecule has 1 N–H and O–H groups in total. The second-order valence-electron chi connectivity index (χ2n) is 6.02. The Balaban J connectivity index is 1.61. The van der Waals surface area contributed by atoms with Gasteiger partial charge in [0.15, 0.2) is 0 Å². The van der Waals surface area contributed by atoms with E-state index in [0.29, 0.717) is 13.2 Å². The van der Waals surface area contributed by atoms with Crippen LogP contribution in [0.1, 0.15) is 42.9 Å². The topological polar surface area (TPSA) is 38.3 Å². The zero-order chi connectivity index (χ0) is 17.7. The van der Waals surface area contributed by atoms with Gasteiger partial charge in [-0.05, 0) is 36.0 Å². The van der Waals surface area contributed by atoms with E-state index in [-0.39, 0.29) is 6.09 Å². The van der Waals surface area contributed by atoms with Crippen LogP contribution in [0.25, 0.3) is 6.08 Å². The van der Waals surface area contributed by atoms with Crippen molar-refractivity contribution in [3.63, 3.8) is 0 Å². The lowest BCUT2D eigenvalue weighted by Crippen LogP contribution is -2.24. The molecule has 2 aromatic carbocycles. The standard InChI is InChI=1S/C22H27NO2/c1-2-3-9-19-13-15-20(16-14-19)10-7-8-17-23-22(24)25-18-21-11-5-4-6-12-21/h4-7,10-16H,2-3,8-9,17-18H2,1H3,(H,23,24). The zero-order valence-corrected chi connectivity index (χ0v) is 14.9. The molecule has 3 nitrogen and oxygen atoms in total. The van der Waals surface area contributed by atoms with E-state index < -0.39 is 0 Å². The van der Waals surface area contributed by atoms with Crippen molar-refractivity contribution in [3.05, 3.63) is 77.4 Å². The average Bonchev–Trinajstić information content (AvgIpc) is 2.66. The molecule has 0 saturated carbocycles. The van der Waals surface area contributed by atoms with Crippen LogP contribution in [-0.4, -0.2) is 12.6 Å². The summed E-state index contributed by atoms with van der Waals surface area (Å²) in [6.07, 6.45) is 8.16. The number of ether oxygens (including phenoxy) is 1. The van der Waals surface area contributed by atoms with Crippen molar-refractivity contribution < 1.29 is 9.53 Å². The molecule has 0 saturated heterocycles. The summed E-state index contributed by atoms with van der Waals surface area (Å²) in [6, 6.07) is 18.3. The number of amides is 1. The fourth-order valence-electron chi connectivity index (χ4n) is 2.43. The zero-order valence-electron chi connectivity index (χ0n) is 14.9. The predicted octanol–water partition coefficient (Wildman–Crippen LogP) is 5.36. The highest BCUT2D eigenvalue weighted by Gasteiger charge is 2.00. The van der Waals surface area contributed by atoms with Gasteiger partial charge in [-0.2, -0.15) is 0 Å². The monoisotopic (exact) mass is 337 g/mol. The molecular formula is C22H27NO2. The number of unbranched alkanes of at least 4 members (excludes halogenated alkanes) is 1. The van der Waals surface area contributed by atoms with Crippen LogP contribution in [0.2, 0.25) is 0 Å². The van der Waals surface area contributed by atoms with Gasteiger partial charge in [0.2, 0.25) is 0 Å². The number of rotatable bonds is 9. The first-order valence-electron chi connectivity index (χ1n) is 8.98. The second kappa shape index (κ2) is 11.1. The summed E-state index contributed by atoms with van der Waals surface area (Å²) in [5.74, 6) is 0.